The number of H-pyrrole nitrogens is 1. The average molecular weight is 208 g/mol. The molecule has 0 atom stereocenters. The Labute approximate surface area is 88.3 Å². The second-order valence-corrected chi connectivity index (χ2v) is 4.07. The first-order valence-electron chi connectivity index (χ1n) is 5.26. The van der Waals surface area contributed by atoms with Crippen molar-refractivity contribution in [2.45, 2.75) is 32.9 Å². The minimum absolute atomic E-state index is 0.00958. The van der Waals surface area contributed by atoms with Gasteiger partial charge in [0.25, 0.3) is 5.56 Å². The summed E-state index contributed by atoms with van der Waals surface area (Å²) in [5, 5.41) is 6.31. The van der Waals surface area contributed by atoms with Crippen LogP contribution in [0.25, 0.3) is 0 Å². The van der Waals surface area contributed by atoms with Crippen molar-refractivity contribution in [1.82, 2.24) is 15.3 Å². The molecule has 0 saturated heterocycles. The van der Waals surface area contributed by atoms with Gasteiger partial charge in [-0.1, -0.05) is 0 Å². The van der Waals surface area contributed by atoms with Crippen molar-refractivity contribution in [2.75, 3.05) is 11.9 Å². The third-order valence-corrected chi connectivity index (χ3v) is 2.37. The van der Waals surface area contributed by atoms with Gasteiger partial charge in [0.2, 0.25) is 5.95 Å². The number of fused-ring (bicyclic) bond motifs is 1. The number of nitrogens with one attached hydrogen (secondary N) is 3. The molecule has 0 radical (unpaired) electrons. The molecule has 2 rings (SSSR count). The molecule has 0 spiro atoms. The molecule has 0 amide bonds. The van der Waals surface area contributed by atoms with E-state index >= 15 is 0 Å². The average Bonchev–Trinajstić information content (AvgIpc) is 2.16. The van der Waals surface area contributed by atoms with Crippen molar-refractivity contribution in [1.29, 1.82) is 0 Å². The zero-order valence-electron chi connectivity index (χ0n) is 9.05. The van der Waals surface area contributed by atoms with E-state index in [0.717, 1.165) is 24.2 Å². The fraction of sp³-hybridized carbons (Fsp3) is 0.600. The molecule has 15 heavy (non-hydrogen) atoms. The predicted octanol–water partition coefficient (Wildman–Crippen LogP) is 0.236. The molecular formula is C10H16N4O. The maximum atomic E-state index is 11.7. The van der Waals surface area contributed by atoms with Gasteiger partial charge in [-0.3, -0.25) is 9.78 Å². The molecule has 0 saturated carbocycles. The van der Waals surface area contributed by atoms with Gasteiger partial charge in [0.15, 0.2) is 0 Å². The Balaban J connectivity index is 2.36. The van der Waals surface area contributed by atoms with Crippen LogP contribution in [0.5, 0.6) is 0 Å². The van der Waals surface area contributed by atoms with Gasteiger partial charge in [-0.25, -0.2) is 4.98 Å². The third-order valence-electron chi connectivity index (χ3n) is 2.37. The van der Waals surface area contributed by atoms with Crippen LogP contribution in [0.4, 0.5) is 5.95 Å². The van der Waals surface area contributed by atoms with Gasteiger partial charge in [-0.15, -0.1) is 0 Å². The number of aromatic nitrogens is 2. The standard InChI is InChI=1S/C10H16N4O/c1-6(2)12-10-13-8-5-11-4-3-7(8)9(15)14-10/h6,11H,3-5H2,1-2H3,(H2,12,13,14,15). The van der Waals surface area contributed by atoms with Gasteiger partial charge in [0.05, 0.1) is 5.69 Å². The van der Waals surface area contributed by atoms with Crippen LogP contribution in [-0.4, -0.2) is 22.6 Å². The second-order valence-electron chi connectivity index (χ2n) is 4.07. The summed E-state index contributed by atoms with van der Waals surface area (Å²) in [6.07, 6.45) is 0.764. The first-order chi connectivity index (χ1) is 7.16. The highest BCUT2D eigenvalue weighted by Gasteiger charge is 2.14. The second kappa shape index (κ2) is 4.02. The maximum absolute atomic E-state index is 11.7. The number of hydrogen-bond acceptors (Lipinski definition) is 4. The normalized spacial score (nSPS) is 15.1. The van der Waals surface area contributed by atoms with E-state index in [1.165, 1.54) is 0 Å². The highest BCUT2D eigenvalue weighted by Crippen LogP contribution is 2.08. The molecule has 2 heterocycles. The topological polar surface area (TPSA) is 69.8 Å². The number of anilines is 1. The SMILES string of the molecule is CC(C)Nc1nc2c(c(=O)[nH]1)CCNC2. The Hall–Kier alpha value is -1.36. The minimum atomic E-state index is -0.00958. The van der Waals surface area contributed by atoms with E-state index in [-0.39, 0.29) is 11.6 Å². The van der Waals surface area contributed by atoms with Crippen molar-refractivity contribution in [3.63, 3.8) is 0 Å². The molecule has 0 fully saturated rings. The van der Waals surface area contributed by atoms with Crippen molar-refractivity contribution in [3.05, 3.63) is 21.6 Å². The molecule has 0 aliphatic carbocycles. The van der Waals surface area contributed by atoms with Crippen LogP contribution in [0, 0.1) is 0 Å². The number of nitrogens with zero attached hydrogens (tertiary/aromatic N) is 1. The lowest BCUT2D eigenvalue weighted by Gasteiger charge is -2.17. The Morgan fingerprint density at radius 1 is 1.47 bits per heavy atom. The van der Waals surface area contributed by atoms with E-state index in [1.54, 1.807) is 0 Å². The summed E-state index contributed by atoms with van der Waals surface area (Å²) >= 11 is 0. The van der Waals surface area contributed by atoms with Gasteiger partial charge < -0.3 is 10.6 Å². The van der Waals surface area contributed by atoms with Gasteiger partial charge >= 0.3 is 0 Å². The summed E-state index contributed by atoms with van der Waals surface area (Å²) in [6.45, 7) is 5.57. The summed E-state index contributed by atoms with van der Waals surface area (Å²) in [7, 11) is 0. The predicted molar refractivity (Wildman–Crippen MR) is 59.0 cm³/mol. The Kier molecular flexibility index (Phi) is 2.73. The first-order valence-corrected chi connectivity index (χ1v) is 5.26. The molecule has 0 unspecified atom stereocenters. The van der Waals surface area contributed by atoms with E-state index in [2.05, 4.69) is 20.6 Å². The van der Waals surface area contributed by atoms with E-state index < -0.39 is 0 Å². The van der Waals surface area contributed by atoms with Crippen LogP contribution in [0.1, 0.15) is 25.1 Å². The molecule has 82 valence electrons. The zero-order chi connectivity index (χ0) is 10.8. The smallest absolute Gasteiger partial charge is 0.255 e. The molecule has 1 aromatic rings. The highest BCUT2D eigenvalue weighted by molar-refractivity contribution is 5.31. The molecular weight excluding hydrogens is 192 g/mol. The lowest BCUT2D eigenvalue weighted by atomic mass is 10.1. The fourth-order valence-corrected chi connectivity index (χ4v) is 1.71. The molecule has 1 aromatic heterocycles. The summed E-state index contributed by atoms with van der Waals surface area (Å²) < 4.78 is 0. The number of hydrogen-bond donors (Lipinski definition) is 3. The summed E-state index contributed by atoms with van der Waals surface area (Å²) in [4.78, 5) is 18.8. The first kappa shape index (κ1) is 10.2. The summed E-state index contributed by atoms with van der Waals surface area (Å²) in [5.74, 6) is 0.567. The van der Waals surface area contributed by atoms with Gasteiger partial charge in [0, 0.05) is 18.2 Å². The largest absolute Gasteiger partial charge is 0.354 e. The van der Waals surface area contributed by atoms with Crippen molar-refractivity contribution >= 4 is 5.95 Å². The van der Waals surface area contributed by atoms with Crippen LogP contribution in [0.15, 0.2) is 4.79 Å². The zero-order valence-corrected chi connectivity index (χ0v) is 9.05. The van der Waals surface area contributed by atoms with Crippen LogP contribution < -0.4 is 16.2 Å². The van der Waals surface area contributed by atoms with E-state index in [1.807, 2.05) is 13.8 Å². The van der Waals surface area contributed by atoms with Crippen molar-refractivity contribution in [3.8, 4) is 0 Å². The van der Waals surface area contributed by atoms with E-state index in [9.17, 15) is 4.79 Å². The quantitative estimate of drug-likeness (QED) is 0.651. The van der Waals surface area contributed by atoms with Crippen LogP contribution in [0.2, 0.25) is 0 Å². The highest BCUT2D eigenvalue weighted by atomic mass is 16.1. The molecule has 0 aromatic carbocycles. The van der Waals surface area contributed by atoms with Crippen LogP contribution >= 0.6 is 0 Å². The number of aromatic amines is 1. The molecule has 5 nitrogen and oxygen atoms in total. The maximum Gasteiger partial charge on any atom is 0.255 e. The van der Waals surface area contributed by atoms with Gasteiger partial charge in [-0.2, -0.15) is 0 Å². The van der Waals surface area contributed by atoms with Gasteiger partial charge in [0.1, 0.15) is 0 Å². The third kappa shape index (κ3) is 2.18. The molecule has 1 aliphatic heterocycles. The Bertz CT molecular complexity index is 410. The lowest BCUT2D eigenvalue weighted by Crippen LogP contribution is -2.32. The molecule has 3 N–H and O–H groups in total. The minimum Gasteiger partial charge on any atom is -0.354 e. The molecule has 0 bridgehead atoms. The van der Waals surface area contributed by atoms with Crippen molar-refractivity contribution in [2.24, 2.45) is 0 Å². The summed E-state index contributed by atoms with van der Waals surface area (Å²) in [5.41, 5.74) is 1.68. The van der Waals surface area contributed by atoms with Crippen molar-refractivity contribution < 1.29 is 0 Å². The van der Waals surface area contributed by atoms with Gasteiger partial charge in [-0.05, 0) is 26.8 Å². The summed E-state index contributed by atoms with van der Waals surface area (Å²) in [6, 6.07) is 0.266. The van der Waals surface area contributed by atoms with E-state index in [0.29, 0.717) is 12.5 Å². The van der Waals surface area contributed by atoms with Crippen LogP contribution in [-0.2, 0) is 13.0 Å². The van der Waals surface area contributed by atoms with E-state index in [4.69, 9.17) is 0 Å². The monoisotopic (exact) mass is 208 g/mol. The Morgan fingerprint density at radius 2 is 2.27 bits per heavy atom. The van der Waals surface area contributed by atoms with Crippen LogP contribution in [0.3, 0.4) is 0 Å². The molecule has 5 heteroatoms. The number of rotatable bonds is 2. The molecule has 1 aliphatic rings. The fourth-order valence-electron chi connectivity index (χ4n) is 1.71. The lowest BCUT2D eigenvalue weighted by molar-refractivity contribution is 0.618. The Morgan fingerprint density at radius 3 is 3.00 bits per heavy atom.